The number of hydrogen-bond donors (Lipinski definition) is 3. The third kappa shape index (κ3) is 4.08. The molecule has 0 heterocycles. The highest BCUT2D eigenvalue weighted by Gasteiger charge is 2.42. The molecule has 5 nitrogen and oxygen atoms in total. The fourth-order valence-electron chi connectivity index (χ4n) is 2.84. The summed E-state index contributed by atoms with van der Waals surface area (Å²) in [7, 11) is 4.20. The number of carbonyl (C=O) groups is 1. The molecule has 110 valence electrons. The minimum Gasteiger partial charge on any atom is -0.396 e. The molecule has 0 radical (unpaired) electrons. The minimum absolute atomic E-state index is 0.0178. The molecule has 2 aliphatic carbocycles. The van der Waals surface area contributed by atoms with Crippen molar-refractivity contribution in [3.05, 3.63) is 0 Å². The normalized spacial score (nSPS) is 29.1. The number of urea groups is 1. The first-order valence-corrected chi connectivity index (χ1v) is 7.36. The van der Waals surface area contributed by atoms with Gasteiger partial charge < -0.3 is 20.6 Å². The standard InChI is InChI=1S/C14H27N3O2/c1-17(2)12-5-3-4-11(8-12)16-13(19)15-9-14(10-18)6-7-14/h11-12,18H,3-10H2,1-2H3,(H2,15,16,19). The first-order valence-electron chi connectivity index (χ1n) is 7.36. The molecule has 0 aromatic rings. The highest BCUT2D eigenvalue weighted by atomic mass is 16.3. The topological polar surface area (TPSA) is 64.6 Å². The monoisotopic (exact) mass is 269 g/mol. The summed E-state index contributed by atoms with van der Waals surface area (Å²) in [6.07, 6.45) is 6.55. The number of rotatable bonds is 5. The van der Waals surface area contributed by atoms with Crippen LogP contribution < -0.4 is 10.6 Å². The van der Waals surface area contributed by atoms with Crippen LogP contribution in [0.15, 0.2) is 0 Å². The van der Waals surface area contributed by atoms with Crippen molar-refractivity contribution in [1.82, 2.24) is 15.5 Å². The highest BCUT2D eigenvalue weighted by Crippen LogP contribution is 2.44. The van der Waals surface area contributed by atoms with E-state index < -0.39 is 0 Å². The summed E-state index contributed by atoms with van der Waals surface area (Å²) in [6.45, 7) is 0.776. The lowest BCUT2D eigenvalue weighted by Crippen LogP contribution is -2.48. The Morgan fingerprint density at radius 1 is 1.37 bits per heavy atom. The Morgan fingerprint density at radius 3 is 2.68 bits per heavy atom. The molecule has 2 atom stereocenters. The number of nitrogens with zero attached hydrogens (tertiary/aromatic N) is 1. The molecular weight excluding hydrogens is 242 g/mol. The lowest BCUT2D eigenvalue weighted by Gasteiger charge is -2.33. The van der Waals surface area contributed by atoms with E-state index in [0.29, 0.717) is 12.6 Å². The first-order chi connectivity index (χ1) is 9.04. The van der Waals surface area contributed by atoms with Crippen molar-refractivity contribution in [2.45, 2.75) is 50.6 Å². The van der Waals surface area contributed by atoms with Crippen molar-refractivity contribution in [3.63, 3.8) is 0 Å². The number of aliphatic hydroxyl groups is 1. The van der Waals surface area contributed by atoms with E-state index in [-0.39, 0.29) is 24.1 Å². The number of amides is 2. The Morgan fingerprint density at radius 2 is 2.11 bits per heavy atom. The molecule has 5 heteroatoms. The van der Waals surface area contributed by atoms with Crippen molar-refractivity contribution in [2.75, 3.05) is 27.2 Å². The van der Waals surface area contributed by atoms with Crippen molar-refractivity contribution in [3.8, 4) is 0 Å². The molecule has 2 rings (SSSR count). The van der Waals surface area contributed by atoms with Gasteiger partial charge in [-0.1, -0.05) is 0 Å². The summed E-state index contributed by atoms with van der Waals surface area (Å²) >= 11 is 0. The van der Waals surface area contributed by atoms with Gasteiger partial charge in [0, 0.05) is 24.0 Å². The Kier molecular flexibility index (Phi) is 4.68. The van der Waals surface area contributed by atoms with Gasteiger partial charge in [-0.05, 0) is 52.6 Å². The molecule has 2 fully saturated rings. The molecule has 2 aliphatic rings. The average molecular weight is 269 g/mol. The van der Waals surface area contributed by atoms with E-state index in [1.165, 1.54) is 12.8 Å². The van der Waals surface area contributed by atoms with E-state index in [2.05, 4.69) is 29.6 Å². The fourth-order valence-corrected chi connectivity index (χ4v) is 2.84. The van der Waals surface area contributed by atoms with Crippen LogP contribution in [0.5, 0.6) is 0 Å². The molecule has 3 N–H and O–H groups in total. The lowest BCUT2D eigenvalue weighted by molar-refractivity contribution is 0.187. The Balaban J connectivity index is 1.70. The van der Waals surface area contributed by atoms with E-state index in [4.69, 9.17) is 0 Å². The largest absolute Gasteiger partial charge is 0.396 e. The molecule has 0 aliphatic heterocycles. The molecule has 0 aromatic carbocycles. The Labute approximate surface area is 115 Å². The minimum atomic E-state index is -0.0795. The van der Waals surface area contributed by atoms with E-state index in [1.807, 2.05) is 0 Å². The molecule has 0 saturated heterocycles. The van der Waals surface area contributed by atoms with Gasteiger partial charge in [-0.15, -0.1) is 0 Å². The molecule has 0 aromatic heterocycles. The summed E-state index contributed by atoms with van der Waals surface area (Å²) in [5, 5.41) is 15.2. The second-order valence-corrected chi connectivity index (χ2v) is 6.47. The van der Waals surface area contributed by atoms with Crippen LogP contribution in [0.3, 0.4) is 0 Å². The average Bonchev–Trinajstić information content (AvgIpc) is 3.17. The van der Waals surface area contributed by atoms with Crippen molar-refractivity contribution >= 4 is 6.03 Å². The third-order valence-corrected chi connectivity index (χ3v) is 4.63. The van der Waals surface area contributed by atoms with E-state index in [1.54, 1.807) is 0 Å². The van der Waals surface area contributed by atoms with Gasteiger partial charge in [0.1, 0.15) is 0 Å². The second-order valence-electron chi connectivity index (χ2n) is 6.47. The molecule has 0 spiro atoms. The second kappa shape index (κ2) is 6.09. The van der Waals surface area contributed by atoms with Crippen LogP contribution in [0.4, 0.5) is 4.79 Å². The molecular formula is C14H27N3O2. The van der Waals surface area contributed by atoms with Gasteiger partial charge in [0.25, 0.3) is 0 Å². The number of aliphatic hydroxyl groups excluding tert-OH is 1. The van der Waals surface area contributed by atoms with E-state index in [0.717, 1.165) is 25.7 Å². The maximum absolute atomic E-state index is 11.9. The fraction of sp³-hybridized carbons (Fsp3) is 0.929. The van der Waals surface area contributed by atoms with E-state index >= 15 is 0 Å². The van der Waals surface area contributed by atoms with Crippen molar-refractivity contribution in [1.29, 1.82) is 0 Å². The van der Waals surface area contributed by atoms with Crippen LogP contribution in [0, 0.1) is 5.41 Å². The van der Waals surface area contributed by atoms with Crippen LogP contribution in [0.25, 0.3) is 0 Å². The van der Waals surface area contributed by atoms with Gasteiger partial charge in [0.05, 0.1) is 6.61 Å². The lowest BCUT2D eigenvalue weighted by atomic mass is 9.90. The van der Waals surface area contributed by atoms with Crippen LogP contribution >= 0.6 is 0 Å². The predicted molar refractivity (Wildman–Crippen MR) is 75.0 cm³/mol. The molecule has 0 bridgehead atoms. The van der Waals surface area contributed by atoms with Crippen molar-refractivity contribution in [2.24, 2.45) is 5.41 Å². The van der Waals surface area contributed by atoms with Gasteiger partial charge in [-0.25, -0.2) is 4.79 Å². The summed E-state index contributed by atoms with van der Waals surface area (Å²) in [5.74, 6) is 0. The van der Waals surface area contributed by atoms with Crippen LogP contribution in [-0.2, 0) is 0 Å². The third-order valence-electron chi connectivity index (χ3n) is 4.63. The zero-order chi connectivity index (χ0) is 13.9. The predicted octanol–water partition coefficient (Wildman–Crippen LogP) is 0.931. The molecule has 2 unspecified atom stereocenters. The van der Waals surface area contributed by atoms with Crippen LogP contribution in [0.1, 0.15) is 38.5 Å². The highest BCUT2D eigenvalue weighted by molar-refractivity contribution is 5.74. The van der Waals surface area contributed by atoms with E-state index in [9.17, 15) is 9.90 Å². The maximum atomic E-state index is 11.9. The summed E-state index contributed by atoms with van der Waals surface area (Å²) in [5.41, 5.74) is -0.0178. The zero-order valence-electron chi connectivity index (χ0n) is 12.1. The van der Waals surface area contributed by atoms with Gasteiger partial charge in [0.15, 0.2) is 0 Å². The zero-order valence-corrected chi connectivity index (χ0v) is 12.1. The number of carbonyl (C=O) groups excluding carboxylic acids is 1. The SMILES string of the molecule is CN(C)C1CCCC(NC(=O)NCC2(CO)CC2)C1. The number of hydrogen-bond acceptors (Lipinski definition) is 3. The maximum Gasteiger partial charge on any atom is 0.315 e. The van der Waals surface area contributed by atoms with Gasteiger partial charge >= 0.3 is 6.03 Å². The van der Waals surface area contributed by atoms with Gasteiger partial charge in [-0.2, -0.15) is 0 Å². The van der Waals surface area contributed by atoms with Gasteiger partial charge in [-0.3, -0.25) is 0 Å². The molecule has 19 heavy (non-hydrogen) atoms. The smallest absolute Gasteiger partial charge is 0.315 e. The summed E-state index contributed by atoms with van der Waals surface area (Å²) in [6, 6.07) is 0.779. The van der Waals surface area contributed by atoms with Crippen molar-refractivity contribution < 1.29 is 9.90 Å². The van der Waals surface area contributed by atoms with Gasteiger partial charge in [0.2, 0.25) is 0 Å². The molecule has 2 amide bonds. The quantitative estimate of drug-likeness (QED) is 0.696. The number of nitrogens with one attached hydrogen (secondary N) is 2. The Bertz CT molecular complexity index is 316. The first kappa shape index (κ1) is 14.6. The summed E-state index contributed by atoms with van der Waals surface area (Å²) in [4.78, 5) is 14.1. The van der Waals surface area contributed by atoms with Crippen LogP contribution in [0.2, 0.25) is 0 Å². The Hall–Kier alpha value is -0.810. The summed E-state index contributed by atoms with van der Waals surface area (Å²) < 4.78 is 0. The molecule has 2 saturated carbocycles. The van der Waals surface area contributed by atoms with Crippen LogP contribution in [-0.4, -0.2) is 55.4 Å².